The van der Waals surface area contributed by atoms with Gasteiger partial charge < -0.3 is 14.8 Å². The van der Waals surface area contributed by atoms with Gasteiger partial charge in [-0.15, -0.1) is 0 Å². The van der Waals surface area contributed by atoms with Crippen molar-refractivity contribution in [1.82, 2.24) is 0 Å². The smallest absolute Gasteiger partial charge is 0.266 e. The highest BCUT2D eigenvalue weighted by atomic mass is 79.9. The van der Waals surface area contributed by atoms with Gasteiger partial charge in [-0.25, -0.2) is 0 Å². The summed E-state index contributed by atoms with van der Waals surface area (Å²) in [5.41, 5.74) is 0.996. The van der Waals surface area contributed by atoms with Crippen LogP contribution < -0.4 is 14.8 Å². The fraction of sp³-hybridized carbons (Fsp3) is 0.238. The molecule has 2 aromatic carbocycles. The fourth-order valence-electron chi connectivity index (χ4n) is 2.31. The lowest BCUT2D eigenvalue weighted by atomic mass is 10.1. The van der Waals surface area contributed by atoms with Crippen molar-refractivity contribution in [3.05, 3.63) is 57.0 Å². The van der Waals surface area contributed by atoms with Gasteiger partial charge in [-0.1, -0.05) is 46.6 Å². The first-order valence-electron chi connectivity index (χ1n) is 8.76. The number of carbonyl (C=O) groups excluding carboxylic acids is 1. The van der Waals surface area contributed by atoms with E-state index in [1.807, 2.05) is 19.9 Å². The molecular weight excluding hydrogens is 444 g/mol. The molecule has 1 amide bonds. The van der Waals surface area contributed by atoms with E-state index in [2.05, 4.69) is 21.2 Å². The molecule has 2 rings (SSSR count). The Kier molecular flexibility index (Phi) is 8.37. The molecule has 0 aromatic heterocycles. The van der Waals surface area contributed by atoms with Gasteiger partial charge in [0.05, 0.1) is 23.9 Å². The van der Waals surface area contributed by atoms with Crippen molar-refractivity contribution in [3.63, 3.8) is 0 Å². The Morgan fingerprint density at radius 1 is 1.25 bits per heavy atom. The summed E-state index contributed by atoms with van der Waals surface area (Å²) >= 11 is 9.53. The molecule has 0 aliphatic heterocycles. The fourth-order valence-corrected chi connectivity index (χ4v) is 2.93. The van der Waals surface area contributed by atoms with Crippen molar-refractivity contribution in [2.45, 2.75) is 20.3 Å². The Bertz CT molecular complexity index is 922. The van der Waals surface area contributed by atoms with E-state index >= 15 is 0 Å². The molecule has 0 atom stereocenters. The van der Waals surface area contributed by atoms with Gasteiger partial charge in [0.2, 0.25) is 0 Å². The molecule has 28 heavy (non-hydrogen) atoms. The predicted molar refractivity (Wildman–Crippen MR) is 115 cm³/mol. The highest BCUT2D eigenvalue weighted by Crippen LogP contribution is 2.35. The predicted octanol–water partition coefficient (Wildman–Crippen LogP) is 5.84. The first kappa shape index (κ1) is 21.8. The van der Waals surface area contributed by atoms with E-state index in [9.17, 15) is 10.1 Å². The molecule has 0 saturated carbocycles. The zero-order valence-electron chi connectivity index (χ0n) is 15.6. The molecule has 0 aliphatic carbocycles. The number of carbonyl (C=O) groups is 1. The number of benzene rings is 2. The molecule has 2 aromatic rings. The minimum atomic E-state index is -0.549. The molecule has 0 bridgehead atoms. The van der Waals surface area contributed by atoms with E-state index in [1.165, 1.54) is 6.08 Å². The third-order valence-electron chi connectivity index (χ3n) is 3.61. The van der Waals surface area contributed by atoms with Crippen LogP contribution in [0.25, 0.3) is 6.08 Å². The number of anilines is 1. The Hall–Kier alpha value is -2.49. The largest absolute Gasteiger partial charge is 0.490 e. The molecule has 0 fully saturated rings. The van der Waals surface area contributed by atoms with Crippen LogP contribution in [0.5, 0.6) is 11.5 Å². The number of halogens is 2. The van der Waals surface area contributed by atoms with Crippen LogP contribution in [0.15, 0.2) is 46.4 Å². The Morgan fingerprint density at radius 3 is 2.61 bits per heavy atom. The average Bonchev–Trinajstić information content (AvgIpc) is 2.68. The Labute approximate surface area is 178 Å². The number of hydrogen-bond donors (Lipinski definition) is 1. The maximum absolute atomic E-state index is 12.5. The topological polar surface area (TPSA) is 71.3 Å². The van der Waals surface area contributed by atoms with Crippen LogP contribution in [0, 0.1) is 11.3 Å². The van der Waals surface area contributed by atoms with Gasteiger partial charge in [0.25, 0.3) is 5.91 Å². The minimum absolute atomic E-state index is 0.0645. The lowest BCUT2D eigenvalue weighted by Crippen LogP contribution is -2.13. The van der Waals surface area contributed by atoms with E-state index in [-0.39, 0.29) is 5.57 Å². The van der Waals surface area contributed by atoms with E-state index < -0.39 is 5.91 Å². The summed E-state index contributed by atoms with van der Waals surface area (Å²) in [5, 5.41) is 12.5. The summed E-state index contributed by atoms with van der Waals surface area (Å²) in [6.45, 7) is 4.92. The van der Waals surface area contributed by atoms with Gasteiger partial charge in [-0.05, 0) is 49.2 Å². The number of para-hydroxylation sites is 1. The van der Waals surface area contributed by atoms with E-state index in [0.717, 1.165) is 6.42 Å². The number of nitriles is 1. The van der Waals surface area contributed by atoms with Crippen LogP contribution in [-0.2, 0) is 4.79 Å². The van der Waals surface area contributed by atoms with Crippen LogP contribution in [0.3, 0.4) is 0 Å². The third kappa shape index (κ3) is 5.75. The monoisotopic (exact) mass is 462 g/mol. The molecule has 0 radical (unpaired) electrons. The first-order valence-corrected chi connectivity index (χ1v) is 9.94. The molecule has 0 unspecified atom stereocenters. The second-order valence-electron chi connectivity index (χ2n) is 5.71. The van der Waals surface area contributed by atoms with E-state index in [1.54, 1.807) is 36.4 Å². The zero-order valence-corrected chi connectivity index (χ0v) is 17.9. The number of ether oxygens (including phenoxy) is 2. The van der Waals surface area contributed by atoms with Crippen molar-refractivity contribution in [2.24, 2.45) is 0 Å². The van der Waals surface area contributed by atoms with Gasteiger partial charge >= 0.3 is 0 Å². The number of nitrogens with one attached hydrogen (secondary N) is 1. The quantitative estimate of drug-likeness (QED) is 0.394. The van der Waals surface area contributed by atoms with E-state index in [0.29, 0.717) is 45.5 Å². The highest BCUT2D eigenvalue weighted by Gasteiger charge is 2.14. The van der Waals surface area contributed by atoms with Crippen molar-refractivity contribution < 1.29 is 14.3 Å². The number of hydrogen-bond acceptors (Lipinski definition) is 4. The standard InChI is InChI=1S/C21H20BrClN2O3/c1-3-9-28-20-12-16(22)14(11-19(20)27-4-2)10-15(13-24)21(26)25-18-8-6-5-7-17(18)23/h5-8,10-12H,3-4,9H2,1-2H3,(H,25,26)/b15-10+. The van der Waals surface area contributed by atoms with Gasteiger partial charge in [0.15, 0.2) is 11.5 Å². The second kappa shape index (κ2) is 10.7. The number of nitrogens with zero attached hydrogens (tertiary/aromatic N) is 1. The highest BCUT2D eigenvalue weighted by molar-refractivity contribution is 9.10. The molecular formula is C21H20BrClN2O3. The van der Waals surface area contributed by atoms with Crippen LogP contribution >= 0.6 is 27.5 Å². The van der Waals surface area contributed by atoms with Crippen molar-refractivity contribution in [3.8, 4) is 17.6 Å². The van der Waals surface area contributed by atoms with Crippen molar-refractivity contribution in [1.29, 1.82) is 5.26 Å². The Morgan fingerprint density at radius 2 is 1.96 bits per heavy atom. The summed E-state index contributed by atoms with van der Waals surface area (Å²) in [5.74, 6) is 0.604. The van der Waals surface area contributed by atoms with Gasteiger partial charge in [-0.3, -0.25) is 4.79 Å². The van der Waals surface area contributed by atoms with Crippen LogP contribution in [0.1, 0.15) is 25.8 Å². The maximum Gasteiger partial charge on any atom is 0.266 e. The van der Waals surface area contributed by atoms with Gasteiger partial charge in [0.1, 0.15) is 11.6 Å². The van der Waals surface area contributed by atoms with Crippen molar-refractivity contribution in [2.75, 3.05) is 18.5 Å². The van der Waals surface area contributed by atoms with Gasteiger partial charge in [-0.2, -0.15) is 5.26 Å². The molecule has 7 heteroatoms. The Balaban J connectivity index is 2.34. The van der Waals surface area contributed by atoms with Crippen LogP contribution in [0.2, 0.25) is 5.02 Å². The first-order chi connectivity index (χ1) is 13.5. The number of rotatable bonds is 8. The lowest BCUT2D eigenvalue weighted by Gasteiger charge is -2.14. The molecule has 146 valence electrons. The van der Waals surface area contributed by atoms with Crippen LogP contribution in [0.4, 0.5) is 5.69 Å². The molecule has 0 spiro atoms. The molecule has 0 saturated heterocycles. The van der Waals surface area contributed by atoms with E-state index in [4.69, 9.17) is 21.1 Å². The summed E-state index contributed by atoms with van der Waals surface area (Å²) in [6.07, 6.45) is 2.36. The summed E-state index contributed by atoms with van der Waals surface area (Å²) in [6, 6.07) is 12.3. The summed E-state index contributed by atoms with van der Waals surface area (Å²) in [4.78, 5) is 12.5. The van der Waals surface area contributed by atoms with Crippen LogP contribution in [-0.4, -0.2) is 19.1 Å². The SMILES string of the molecule is CCCOc1cc(Br)c(/C=C(\C#N)C(=O)Nc2ccccc2Cl)cc1OCC. The summed E-state index contributed by atoms with van der Waals surface area (Å²) < 4.78 is 12.0. The molecule has 5 nitrogen and oxygen atoms in total. The third-order valence-corrected chi connectivity index (χ3v) is 4.63. The minimum Gasteiger partial charge on any atom is -0.490 e. The normalized spacial score (nSPS) is 10.9. The molecule has 0 heterocycles. The van der Waals surface area contributed by atoms with Gasteiger partial charge in [0, 0.05) is 4.47 Å². The lowest BCUT2D eigenvalue weighted by molar-refractivity contribution is -0.112. The maximum atomic E-state index is 12.5. The average molecular weight is 464 g/mol. The van der Waals surface area contributed by atoms with Crippen molar-refractivity contribution >= 4 is 45.2 Å². The second-order valence-corrected chi connectivity index (χ2v) is 6.97. The molecule has 0 aliphatic rings. The summed E-state index contributed by atoms with van der Waals surface area (Å²) in [7, 11) is 0. The number of amides is 1. The molecule has 1 N–H and O–H groups in total. The zero-order chi connectivity index (χ0) is 20.5.